The molecule has 7 nitrogen and oxygen atoms in total. The standard InChI is InChI=1S/C10H17N2O5PS.Na/c1-11(2)18(13,12(3)4)17-9-5-7-10(8-6-9)19(14,15)16;/h5-8H,1-4H3,(H,14,15,16);/q;+1/p-1. The molecule has 1 aromatic carbocycles. The molecule has 20 heavy (non-hydrogen) atoms. The Morgan fingerprint density at radius 2 is 1.45 bits per heavy atom. The quantitative estimate of drug-likeness (QED) is 0.358. The van der Waals surface area contributed by atoms with Crippen LogP contribution in [0.5, 0.6) is 5.75 Å². The van der Waals surface area contributed by atoms with Crippen LogP contribution in [0.25, 0.3) is 0 Å². The number of nitrogens with zero attached hydrogens (tertiary/aromatic N) is 2. The van der Waals surface area contributed by atoms with E-state index in [4.69, 9.17) is 4.52 Å². The maximum absolute atomic E-state index is 12.5. The van der Waals surface area contributed by atoms with Crippen molar-refractivity contribution in [1.82, 2.24) is 9.34 Å². The van der Waals surface area contributed by atoms with Crippen LogP contribution >= 0.6 is 7.67 Å². The average Bonchev–Trinajstić information content (AvgIpc) is 2.27. The zero-order valence-electron chi connectivity index (χ0n) is 12.1. The smallest absolute Gasteiger partial charge is 0.744 e. The number of hydrogen-bond donors (Lipinski definition) is 0. The van der Waals surface area contributed by atoms with Crippen molar-refractivity contribution in [2.75, 3.05) is 28.2 Å². The van der Waals surface area contributed by atoms with Gasteiger partial charge in [-0.05, 0) is 52.5 Å². The maximum atomic E-state index is 12.5. The van der Waals surface area contributed by atoms with E-state index in [0.29, 0.717) is 0 Å². The Morgan fingerprint density at radius 3 is 1.75 bits per heavy atom. The van der Waals surface area contributed by atoms with Crippen molar-refractivity contribution in [3.63, 3.8) is 0 Å². The Morgan fingerprint density at radius 1 is 1.05 bits per heavy atom. The summed E-state index contributed by atoms with van der Waals surface area (Å²) in [6.07, 6.45) is 0. The molecule has 1 rings (SSSR count). The fourth-order valence-corrected chi connectivity index (χ4v) is 3.23. The minimum Gasteiger partial charge on any atom is -0.744 e. The van der Waals surface area contributed by atoms with Gasteiger partial charge in [-0.1, -0.05) is 0 Å². The molecule has 108 valence electrons. The van der Waals surface area contributed by atoms with Crippen molar-refractivity contribution >= 4 is 17.8 Å². The van der Waals surface area contributed by atoms with E-state index in [-0.39, 0.29) is 40.2 Å². The zero-order valence-corrected chi connectivity index (χ0v) is 15.8. The van der Waals surface area contributed by atoms with Gasteiger partial charge >= 0.3 is 37.2 Å². The fourth-order valence-electron chi connectivity index (χ4n) is 1.33. The molecular weight excluding hydrogens is 314 g/mol. The van der Waals surface area contributed by atoms with Crippen LogP contribution in [0.2, 0.25) is 0 Å². The summed E-state index contributed by atoms with van der Waals surface area (Å²) in [6.45, 7) is 0. The first-order chi connectivity index (χ1) is 8.57. The van der Waals surface area contributed by atoms with Gasteiger partial charge in [-0.2, -0.15) is 0 Å². The van der Waals surface area contributed by atoms with Gasteiger partial charge in [-0.25, -0.2) is 22.3 Å². The summed E-state index contributed by atoms with van der Waals surface area (Å²) in [5.41, 5.74) is 0. The summed E-state index contributed by atoms with van der Waals surface area (Å²) in [6, 6.07) is 4.83. The first-order valence-corrected chi connectivity index (χ1v) is 8.22. The molecule has 0 spiro atoms. The van der Waals surface area contributed by atoms with Gasteiger partial charge in [0.15, 0.2) is 0 Å². The third-order valence-electron chi connectivity index (χ3n) is 2.35. The summed E-state index contributed by atoms with van der Waals surface area (Å²) in [5.74, 6) is 0.220. The Hall–Kier alpha value is 0.0800. The molecule has 1 aromatic rings. The van der Waals surface area contributed by atoms with Crippen LogP contribution < -0.4 is 34.1 Å². The van der Waals surface area contributed by atoms with Gasteiger partial charge in [0.25, 0.3) is 0 Å². The van der Waals surface area contributed by atoms with Crippen molar-refractivity contribution in [1.29, 1.82) is 0 Å². The molecule has 0 aliphatic heterocycles. The van der Waals surface area contributed by atoms with Crippen molar-refractivity contribution < 1.29 is 51.6 Å². The molecule has 0 unspecified atom stereocenters. The Bertz CT molecular complexity index is 576. The molecule has 0 heterocycles. The first kappa shape index (κ1) is 20.1. The third kappa shape index (κ3) is 4.82. The molecule has 0 atom stereocenters. The van der Waals surface area contributed by atoms with Crippen LogP contribution in [0.15, 0.2) is 29.2 Å². The number of rotatable bonds is 5. The van der Waals surface area contributed by atoms with Crippen LogP contribution in [0.1, 0.15) is 0 Å². The molecule has 0 N–H and O–H groups in total. The van der Waals surface area contributed by atoms with Gasteiger partial charge in [0, 0.05) is 0 Å². The topological polar surface area (TPSA) is 90.0 Å². The summed E-state index contributed by atoms with van der Waals surface area (Å²) in [5, 5.41) is 0. The van der Waals surface area contributed by atoms with E-state index in [1.165, 1.54) is 21.5 Å². The van der Waals surface area contributed by atoms with E-state index in [1.807, 2.05) is 0 Å². The second-order valence-electron chi connectivity index (χ2n) is 4.20. The predicted octanol–water partition coefficient (Wildman–Crippen LogP) is -1.80. The normalized spacial score (nSPS) is 12.3. The van der Waals surface area contributed by atoms with E-state index in [9.17, 15) is 17.5 Å². The zero-order chi connectivity index (χ0) is 14.8. The SMILES string of the molecule is CN(C)P(=O)(Oc1ccc(S(=O)(=O)[O-])cc1)N(C)C.[Na+]. The monoisotopic (exact) mass is 330 g/mol. The van der Waals surface area contributed by atoms with Crippen molar-refractivity contribution in [3.8, 4) is 5.75 Å². The maximum Gasteiger partial charge on any atom is 1.00 e. The van der Waals surface area contributed by atoms with E-state index in [1.54, 1.807) is 28.2 Å². The first-order valence-electron chi connectivity index (χ1n) is 5.28. The molecule has 0 aliphatic rings. The summed E-state index contributed by atoms with van der Waals surface area (Å²) in [4.78, 5) is -0.357. The molecule has 0 aromatic heterocycles. The van der Waals surface area contributed by atoms with Gasteiger partial charge in [-0.15, -0.1) is 0 Å². The predicted molar refractivity (Wildman–Crippen MR) is 70.0 cm³/mol. The van der Waals surface area contributed by atoms with Crippen molar-refractivity contribution in [2.45, 2.75) is 4.90 Å². The molecule has 0 saturated carbocycles. The Balaban J connectivity index is 0.00000361. The van der Waals surface area contributed by atoms with E-state index >= 15 is 0 Å². The van der Waals surface area contributed by atoms with E-state index in [0.717, 1.165) is 12.1 Å². The van der Waals surface area contributed by atoms with Crippen LogP contribution in [0.3, 0.4) is 0 Å². The Labute approximate surface area is 141 Å². The minimum absolute atomic E-state index is 0. The second-order valence-corrected chi connectivity index (χ2v) is 8.35. The molecular formula is C10H16N2NaO5PS. The molecule has 0 fully saturated rings. The van der Waals surface area contributed by atoms with E-state index in [2.05, 4.69) is 0 Å². The number of hydrogen-bond acceptors (Lipinski definition) is 5. The van der Waals surface area contributed by atoms with Gasteiger partial charge in [0.1, 0.15) is 15.9 Å². The van der Waals surface area contributed by atoms with Gasteiger partial charge < -0.3 is 9.08 Å². The number of benzene rings is 1. The Kier molecular flexibility index (Phi) is 7.40. The van der Waals surface area contributed by atoms with Crippen LogP contribution in [-0.4, -0.2) is 50.5 Å². The van der Waals surface area contributed by atoms with Gasteiger partial charge in [-0.3, -0.25) is 0 Å². The fraction of sp³-hybridized carbons (Fsp3) is 0.400. The molecule has 10 heteroatoms. The van der Waals surface area contributed by atoms with Gasteiger partial charge in [0.05, 0.1) is 4.90 Å². The molecule has 0 aliphatic carbocycles. The van der Waals surface area contributed by atoms with Crippen LogP contribution in [0, 0.1) is 0 Å². The second kappa shape index (κ2) is 7.38. The molecule has 0 radical (unpaired) electrons. The summed E-state index contributed by atoms with van der Waals surface area (Å²) in [7, 11) is -1.26. The summed E-state index contributed by atoms with van der Waals surface area (Å²) < 4.78 is 53.1. The van der Waals surface area contributed by atoms with Crippen LogP contribution in [-0.2, 0) is 14.7 Å². The largest absolute Gasteiger partial charge is 1.00 e. The minimum atomic E-state index is -4.49. The van der Waals surface area contributed by atoms with Crippen molar-refractivity contribution in [2.24, 2.45) is 0 Å². The molecule has 0 saturated heterocycles. The molecule has 0 amide bonds. The van der Waals surface area contributed by atoms with E-state index < -0.39 is 17.8 Å². The summed E-state index contributed by atoms with van der Waals surface area (Å²) >= 11 is 0. The third-order valence-corrected chi connectivity index (χ3v) is 5.67. The average molecular weight is 330 g/mol. The van der Waals surface area contributed by atoms with Gasteiger partial charge in [0.2, 0.25) is 0 Å². The van der Waals surface area contributed by atoms with Crippen LogP contribution in [0.4, 0.5) is 0 Å². The van der Waals surface area contributed by atoms with Crippen molar-refractivity contribution in [3.05, 3.63) is 24.3 Å². The molecule has 0 bridgehead atoms.